The molecule has 6 N–H and O–H groups in total. The molecule has 4 atom stereocenters. The zero-order valence-electron chi connectivity index (χ0n) is 14.9. The SMILES string of the molecule is Nc1ccc(CCCC2C[C@@H](n3ccc4c(N)ncnc43)[C@H](O)[C@@H]2O)cn1. The lowest BCUT2D eigenvalue weighted by atomic mass is 9.96. The maximum atomic E-state index is 10.6. The number of anilines is 2. The molecule has 3 aromatic heterocycles. The molecule has 0 aliphatic heterocycles. The van der Waals surface area contributed by atoms with Crippen molar-refractivity contribution in [3.63, 3.8) is 0 Å². The molecule has 1 aliphatic carbocycles. The highest BCUT2D eigenvalue weighted by Crippen LogP contribution is 2.39. The van der Waals surface area contributed by atoms with E-state index in [9.17, 15) is 10.2 Å². The van der Waals surface area contributed by atoms with E-state index in [-0.39, 0.29) is 12.0 Å². The molecule has 0 bridgehead atoms. The quantitative estimate of drug-likeness (QED) is 0.533. The van der Waals surface area contributed by atoms with E-state index in [0.29, 0.717) is 23.7 Å². The Morgan fingerprint density at radius 3 is 2.70 bits per heavy atom. The number of fused-ring (bicyclic) bond motifs is 1. The average molecular weight is 368 g/mol. The molecule has 142 valence electrons. The summed E-state index contributed by atoms with van der Waals surface area (Å²) in [5, 5.41) is 21.9. The van der Waals surface area contributed by atoms with Gasteiger partial charge in [0.05, 0.1) is 17.5 Å². The standard InChI is InChI=1S/C19H24N6O2/c20-15-5-4-11(9-22-15)2-1-3-12-8-14(17(27)16(12)26)25-7-6-13-18(21)23-10-24-19(13)25/h4-7,9-10,12,14,16-17,26-27H,1-3,8H2,(H2,20,22)(H2,21,23,24)/t12?,14-,16-,17+/m1/s1. The van der Waals surface area contributed by atoms with E-state index in [4.69, 9.17) is 11.5 Å². The normalized spacial score (nSPS) is 25.3. The van der Waals surface area contributed by atoms with Crippen LogP contribution in [0.3, 0.4) is 0 Å². The number of hydrogen-bond acceptors (Lipinski definition) is 7. The molecule has 0 radical (unpaired) electrons. The molecule has 27 heavy (non-hydrogen) atoms. The summed E-state index contributed by atoms with van der Waals surface area (Å²) < 4.78 is 1.91. The van der Waals surface area contributed by atoms with Gasteiger partial charge in [-0.1, -0.05) is 6.07 Å². The highest BCUT2D eigenvalue weighted by Gasteiger charge is 2.42. The van der Waals surface area contributed by atoms with Crippen molar-refractivity contribution < 1.29 is 10.2 Å². The van der Waals surface area contributed by atoms with Crippen LogP contribution in [0.5, 0.6) is 0 Å². The van der Waals surface area contributed by atoms with E-state index >= 15 is 0 Å². The van der Waals surface area contributed by atoms with Crippen LogP contribution in [0.15, 0.2) is 36.9 Å². The molecule has 1 aliphatic rings. The van der Waals surface area contributed by atoms with Gasteiger partial charge in [0.1, 0.15) is 29.7 Å². The molecule has 0 spiro atoms. The number of aliphatic hydroxyl groups excluding tert-OH is 2. The number of nitrogens with zero attached hydrogens (tertiary/aromatic N) is 4. The molecule has 0 saturated heterocycles. The van der Waals surface area contributed by atoms with Crippen molar-refractivity contribution >= 4 is 22.7 Å². The van der Waals surface area contributed by atoms with Gasteiger partial charge in [-0.25, -0.2) is 15.0 Å². The van der Waals surface area contributed by atoms with Gasteiger partial charge in [0.15, 0.2) is 0 Å². The van der Waals surface area contributed by atoms with Crippen molar-refractivity contribution in [2.45, 2.75) is 43.9 Å². The van der Waals surface area contributed by atoms with Gasteiger partial charge in [0.2, 0.25) is 0 Å². The predicted molar refractivity (Wildman–Crippen MR) is 103 cm³/mol. The Labute approximate surface area is 156 Å². The molecule has 1 fully saturated rings. The fourth-order valence-corrected chi connectivity index (χ4v) is 4.07. The smallest absolute Gasteiger partial charge is 0.145 e. The van der Waals surface area contributed by atoms with Gasteiger partial charge in [-0.2, -0.15) is 0 Å². The van der Waals surface area contributed by atoms with Crippen LogP contribution in [0.1, 0.15) is 30.9 Å². The number of nitrogen functional groups attached to an aromatic ring is 2. The maximum absolute atomic E-state index is 10.6. The third-order valence-corrected chi connectivity index (χ3v) is 5.56. The van der Waals surface area contributed by atoms with Gasteiger partial charge in [-0.3, -0.25) is 0 Å². The Bertz CT molecular complexity index is 926. The molecule has 8 nitrogen and oxygen atoms in total. The first kappa shape index (κ1) is 17.7. The van der Waals surface area contributed by atoms with Crippen molar-refractivity contribution in [2.75, 3.05) is 11.5 Å². The summed E-state index contributed by atoms with van der Waals surface area (Å²) in [7, 11) is 0. The first-order valence-electron chi connectivity index (χ1n) is 9.18. The number of nitrogens with two attached hydrogens (primary N) is 2. The van der Waals surface area contributed by atoms with Crippen molar-refractivity contribution in [1.29, 1.82) is 0 Å². The summed E-state index contributed by atoms with van der Waals surface area (Å²) in [6.45, 7) is 0. The second-order valence-corrected chi connectivity index (χ2v) is 7.25. The van der Waals surface area contributed by atoms with Crippen LogP contribution in [0.4, 0.5) is 11.6 Å². The number of pyridine rings is 1. The van der Waals surface area contributed by atoms with Crippen molar-refractivity contribution in [1.82, 2.24) is 19.5 Å². The lowest BCUT2D eigenvalue weighted by Gasteiger charge is -2.19. The summed E-state index contributed by atoms with van der Waals surface area (Å²) in [6, 6.07) is 5.39. The third kappa shape index (κ3) is 3.33. The monoisotopic (exact) mass is 368 g/mol. The van der Waals surface area contributed by atoms with Crippen molar-refractivity contribution in [3.05, 3.63) is 42.5 Å². The second kappa shape index (κ2) is 7.13. The van der Waals surface area contributed by atoms with Crippen LogP contribution in [0, 0.1) is 5.92 Å². The Balaban J connectivity index is 1.44. The Morgan fingerprint density at radius 2 is 1.93 bits per heavy atom. The number of aryl methyl sites for hydroxylation is 1. The lowest BCUT2D eigenvalue weighted by molar-refractivity contribution is 0.00511. The van der Waals surface area contributed by atoms with Crippen LogP contribution in [0.25, 0.3) is 11.0 Å². The summed E-state index contributed by atoms with van der Waals surface area (Å²) in [4.78, 5) is 12.4. The topological polar surface area (TPSA) is 136 Å². The molecule has 3 aromatic rings. The van der Waals surface area contributed by atoms with E-state index < -0.39 is 12.2 Å². The van der Waals surface area contributed by atoms with E-state index in [1.54, 1.807) is 12.3 Å². The van der Waals surface area contributed by atoms with Crippen LogP contribution < -0.4 is 11.5 Å². The summed E-state index contributed by atoms with van der Waals surface area (Å²) >= 11 is 0. The third-order valence-electron chi connectivity index (χ3n) is 5.56. The molecular formula is C19H24N6O2. The zero-order valence-corrected chi connectivity index (χ0v) is 14.9. The fraction of sp³-hybridized carbons (Fsp3) is 0.421. The van der Waals surface area contributed by atoms with Gasteiger partial charge >= 0.3 is 0 Å². The molecule has 4 rings (SSSR count). The van der Waals surface area contributed by atoms with Crippen LogP contribution in [-0.4, -0.2) is 41.9 Å². The highest BCUT2D eigenvalue weighted by atomic mass is 16.3. The molecule has 0 amide bonds. The Morgan fingerprint density at radius 1 is 1.07 bits per heavy atom. The van der Waals surface area contributed by atoms with Gasteiger partial charge in [-0.05, 0) is 49.3 Å². The average Bonchev–Trinajstić information content (AvgIpc) is 3.21. The Kier molecular flexibility index (Phi) is 4.67. The number of hydrogen-bond donors (Lipinski definition) is 4. The lowest BCUT2D eigenvalue weighted by Crippen LogP contribution is -2.29. The molecule has 1 saturated carbocycles. The molecule has 3 heterocycles. The van der Waals surface area contributed by atoms with Crippen LogP contribution in [-0.2, 0) is 6.42 Å². The van der Waals surface area contributed by atoms with Crippen LogP contribution in [0.2, 0.25) is 0 Å². The first-order chi connectivity index (χ1) is 13.0. The molecular weight excluding hydrogens is 344 g/mol. The van der Waals surface area contributed by atoms with Gasteiger partial charge in [0, 0.05) is 12.4 Å². The summed E-state index contributed by atoms with van der Waals surface area (Å²) in [5.41, 5.74) is 13.3. The van der Waals surface area contributed by atoms with E-state index in [0.717, 1.165) is 30.2 Å². The van der Waals surface area contributed by atoms with E-state index in [2.05, 4.69) is 15.0 Å². The maximum Gasteiger partial charge on any atom is 0.145 e. The minimum atomic E-state index is -0.833. The Hall–Kier alpha value is -2.71. The van der Waals surface area contributed by atoms with E-state index in [1.165, 1.54) is 6.33 Å². The second-order valence-electron chi connectivity index (χ2n) is 7.25. The van der Waals surface area contributed by atoms with Crippen molar-refractivity contribution in [2.24, 2.45) is 5.92 Å². The highest BCUT2D eigenvalue weighted by molar-refractivity contribution is 5.86. The summed E-state index contributed by atoms with van der Waals surface area (Å²) in [6.07, 6.45) is 6.78. The van der Waals surface area contributed by atoms with E-state index in [1.807, 2.05) is 22.9 Å². The number of rotatable bonds is 5. The minimum absolute atomic E-state index is 0.0309. The molecule has 1 unspecified atom stereocenters. The van der Waals surface area contributed by atoms with Gasteiger partial charge in [-0.15, -0.1) is 0 Å². The first-order valence-corrected chi connectivity index (χ1v) is 9.18. The predicted octanol–water partition coefficient (Wildman–Crippen LogP) is 1.30. The van der Waals surface area contributed by atoms with Gasteiger partial charge < -0.3 is 26.2 Å². The molecule has 8 heteroatoms. The van der Waals surface area contributed by atoms with Crippen LogP contribution >= 0.6 is 0 Å². The fourth-order valence-electron chi connectivity index (χ4n) is 4.07. The zero-order chi connectivity index (χ0) is 19.0. The summed E-state index contributed by atoms with van der Waals surface area (Å²) in [5.74, 6) is 0.961. The minimum Gasteiger partial charge on any atom is -0.390 e. The number of aromatic nitrogens is 4. The van der Waals surface area contributed by atoms with Gasteiger partial charge in [0.25, 0.3) is 0 Å². The number of aliphatic hydroxyl groups is 2. The molecule has 0 aromatic carbocycles. The largest absolute Gasteiger partial charge is 0.390 e. The van der Waals surface area contributed by atoms with Crippen molar-refractivity contribution in [3.8, 4) is 0 Å².